The van der Waals surface area contributed by atoms with E-state index in [1.54, 1.807) is 6.20 Å². The van der Waals surface area contributed by atoms with Gasteiger partial charge in [-0.25, -0.2) is 4.98 Å². The number of nitrogens with two attached hydrogens (primary N) is 1. The third-order valence-corrected chi connectivity index (χ3v) is 2.86. The minimum absolute atomic E-state index is 0.181. The first-order valence-electron chi connectivity index (χ1n) is 6.06. The van der Waals surface area contributed by atoms with Crippen LogP contribution in [0.5, 0.6) is 0 Å². The fraction of sp³-hybridized carbons (Fsp3) is 0.357. The smallest absolute Gasteiger partial charge is 0.131 e. The molecule has 0 bridgehead atoms. The van der Waals surface area contributed by atoms with Crippen LogP contribution in [0.1, 0.15) is 23.0 Å². The van der Waals surface area contributed by atoms with Crippen LogP contribution in [0, 0.1) is 6.92 Å². The zero-order valence-corrected chi connectivity index (χ0v) is 11.2. The molecule has 2 aromatic rings. The van der Waals surface area contributed by atoms with Gasteiger partial charge < -0.3 is 10.3 Å². The summed E-state index contributed by atoms with van der Waals surface area (Å²) in [5.41, 5.74) is 8.62. The molecular formula is C14H20N4. The standard InChI is InChI=1S/C14H20N4/c1-11-5-4-6-12(9-11)13(15)14-16-7-8-18(14)10-17(2)3/h4-9,13H,10,15H2,1-3H3. The number of rotatable bonds is 4. The number of hydrogen-bond acceptors (Lipinski definition) is 3. The lowest BCUT2D eigenvalue weighted by atomic mass is 10.0. The third kappa shape index (κ3) is 2.78. The van der Waals surface area contributed by atoms with E-state index in [2.05, 4.69) is 33.5 Å². The Morgan fingerprint density at radius 3 is 2.83 bits per heavy atom. The van der Waals surface area contributed by atoms with Gasteiger partial charge >= 0.3 is 0 Å². The highest BCUT2D eigenvalue weighted by molar-refractivity contribution is 5.28. The summed E-state index contributed by atoms with van der Waals surface area (Å²) in [5.74, 6) is 0.898. The van der Waals surface area contributed by atoms with Gasteiger partial charge in [0.05, 0.1) is 12.7 Å². The highest BCUT2D eigenvalue weighted by Gasteiger charge is 2.14. The van der Waals surface area contributed by atoms with Crippen LogP contribution in [0.4, 0.5) is 0 Å². The first-order valence-corrected chi connectivity index (χ1v) is 6.06. The minimum Gasteiger partial charge on any atom is -0.320 e. The average Bonchev–Trinajstić information content (AvgIpc) is 2.75. The summed E-state index contributed by atoms with van der Waals surface area (Å²) in [6.45, 7) is 2.86. The van der Waals surface area contributed by atoms with Crippen molar-refractivity contribution in [1.82, 2.24) is 14.5 Å². The molecule has 96 valence electrons. The third-order valence-electron chi connectivity index (χ3n) is 2.86. The van der Waals surface area contributed by atoms with E-state index in [0.29, 0.717) is 0 Å². The second kappa shape index (κ2) is 5.33. The van der Waals surface area contributed by atoms with Crippen molar-refractivity contribution in [3.63, 3.8) is 0 Å². The largest absolute Gasteiger partial charge is 0.320 e. The van der Waals surface area contributed by atoms with Gasteiger partial charge in [0.15, 0.2) is 0 Å². The zero-order chi connectivity index (χ0) is 13.1. The van der Waals surface area contributed by atoms with Crippen LogP contribution in [0.15, 0.2) is 36.7 Å². The minimum atomic E-state index is -0.181. The van der Waals surface area contributed by atoms with Crippen molar-refractivity contribution in [2.24, 2.45) is 5.73 Å². The number of imidazole rings is 1. The van der Waals surface area contributed by atoms with Gasteiger partial charge in [-0.3, -0.25) is 4.90 Å². The molecule has 4 nitrogen and oxygen atoms in total. The maximum Gasteiger partial charge on any atom is 0.131 e. The molecule has 1 atom stereocenters. The molecule has 18 heavy (non-hydrogen) atoms. The number of aryl methyl sites for hydroxylation is 1. The Bertz CT molecular complexity index is 516. The van der Waals surface area contributed by atoms with Crippen molar-refractivity contribution < 1.29 is 0 Å². The van der Waals surface area contributed by atoms with E-state index in [1.807, 2.05) is 32.4 Å². The molecule has 0 aliphatic heterocycles. The van der Waals surface area contributed by atoms with Crippen molar-refractivity contribution in [3.8, 4) is 0 Å². The Hall–Kier alpha value is -1.65. The topological polar surface area (TPSA) is 47.1 Å². The lowest BCUT2D eigenvalue weighted by Gasteiger charge is -2.17. The second-order valence-electron chi connectivity index (χ2n) is 4.87. The molecule has 1 aromatic heterocycles. The monoisotopic (exact) mass is 244 g/mol. The normalized spacial score (nSPS) is 12.9. The molecule has 0 saturated heterocycles. The number of nitrogens with zero attached hydrogens (tertiary/aromatic N) is 3. The van der Waals surface area contributed by atoms with E-state index in [-0.39, 0.29) is 6.04 Å². The summed E-state index contributed by atoms with van der Waals surface area (Å²) in [7, 11) is 4.06. The molecule has 1 unspecified atom stereocenters. The molecular weight excluding hydrogens is 224 g/mol. The van der Waals surface area contributed by atoms with E-state index in [1.165, 1.54) is 5.56 Å². The summed E-state index contributed by atoms with van der Waals surface area (Å²) in [5, 5.41) is 0. The van der Waals surface area contributed by atoms with Gasteiger partial charge in [-0.2, -0.15) is 0 Å². The Labute approximate surface area is 108 Å². The van der Waals surface area contributed by atoms with Gasteiger partial charge in [0.1, 0.15) is 5.82 Å². The summed E-state index contributed by atoms with van der Waals surface area (Å²) in [6, 6.07) is 8.08. The molecule has 2 rings (SSSR count). The molecule has 0 aliphatic carbocycles. The Morgan fingerprint density at radius 2 is 2.17 bits per heavy atom. The van der Waals surface area contributed by atoms with E-state index in [9.17, 15) is 0 Å². The fourth-order valence-corrected chi connectivity index (χ4v) is 2.04. The molecule has 0 amide bonds. The van der Waals surface area contributed by atoms with Crippen molar-refractivity contribution in [2.45, 2.75) is 19.6 Å². The molecule has 2 N–H and O–H groups in total. The summed E-state index contributed by atoms with van der Waals surface area (Å²) in [4.78, 5) is 6.48. The Balaban J connectivity index is 2.28. The second-order valence-corrected chi connectivity index (χ2v) is 4.87. The van der Waals surface area contributed by atoms with Crippen LogP contribution in [-0.2, 0) is 6.67 Å². The molecule has 0 saturated carbocycles. The van der Waals surface area contributed by atoms with Crippen LogP contribution < -0.4 is 5.73 Å². The van der Waals surface area contributed by atoms with E-state index in [4.69, 9.17) is 5.73 Å². The number of aromatic nitrogens is 2. The summed E-state index contributed by atoms with van der Waals surface area (Å²) < 4.78 is 2.08. The Morgan fingerprint density at radius 1 is 1.39 bits per heavy atom. The van der Waals surface area contributed by atoms with Gasteiger partial charge in [0.25, 0.3) is 0 Å². The van der Waals surface area contributed by atoms with Gasteiger partial charge in [-0.15, -0.1) is 0 Å². The maximum absolute atomic E-state index is 6.30. The molecule has 1 aromatic carbocycles. The highest BCUT2D eigenvalue weighted by Crippen LogP contribution is 2.19. The van der Waals surface area contributed by atoms with Crippen LogP contribution >= 0.6 is 0 Å². The molecule has 0 fully saturated rings. The van der Waals surface area contributed by atoms with Crippen molar-refractivity contribution in [1.29, 1.82) is 0 Å². The average molecular weight is 244 g/mol. The maximum atomic E-state index is 6.30. The van der Waals surface area contributed by atoms with Crippen molar-refractivity contribution in [2.75, 3.05) is 14.1 Å². The van der Waals surface area contributed by atoms with Crippen LogP contribution in [0.25, 0.3) is 0 Å². The lowest BCUT2D eigenvalue weighted by Crippen LogP contribution is -2.23. The van der Waals surface area contributed by atoms with E-state index >= 15 is 0 Å². The van der Waals surface area contributed by atoms with Gasteiger partial charge in [-0.05, 0) is 26.6 Å². The molecule has 4 heteroatoms. The van der Waals surface area contributed by atoms with Crippen LogP contribution in [0.2, 0.25) is 0 Å². The fourth-order valence-electron chi connectivity index (χ4n) is 2.04. The van der Waals surface area contributed by atoms with Crippen LogP contribution in [-0.4, -0.2) is 28.5 Å². The molecule has 0 spiro atoms. The lowest BCUT2D eigenvalue weighted by molar-refractivity contribution is 0.318. The molecule has 1 heterocycles. The van der Waals surface area contributed by atoms with E-state index in [0.717, 1.165) is 18.1 Å². The summed E-state index contributed by atoms with van der Waals surface area (Å²) in [6.07, 6.45) is 3.76. The van der Waals surface area contributed by atoms with Crippen LogP contribution in [0.3, 0.4) is 0 Å². The van der Waals surface area contributed by atoms with E-state index < -0.39 is 0 Å². The van der Waals surface area contributed by atoms with Gasteiger partial charge in [-0.1, -0.05) is 29.8 Å². The first kappa shape index (κ1) is 12.8. The predicted octanol–water partition coefficient (Wildman–Crippen LogP) is 1.76. The molecule has 0 aliphatic rings. The van der Waals surface area contributed by atoms with Gasteiger partial charge in [0.2, 0.25) is 0 Å². The first-order chi connectivity index (χ1) is 8.58. The quantitative estimate of drug-likeness (QED) is 0.891. The van der Waals surface area contributed by atoms with Crippen molar-refractivity contribution in [3.05, 3.63) is 53.6 Å². The predicted molar refractivity (Wildman–Crippen MR) is 73.1 cm³/mol. The number of benzene rings is 1. The van der Waals surface area contributed by atoms with Crippen molar-refractivity contribution >= 4 is 0 Å². The zero-order valence-electron chi connectivity index (χ0n) is 11.2. The van der Waals surface area contributed by atoms with Gasteiger partial charge in [0, 0.05) is 12.4 Å². The summed E-state index contributed by atoms with van der Waals surface area (Å²) >= 11 is 0. The SMILES string of the molecule is Cc1cccc(C(N)c2nccn2CN(C)C)c1. The Kier molecular flexibility index (Phi) is 3.79. The molecule has 0 radical (unpaired) electrons. The number of hydrogen-bond donors (Lipinski definition) is 1. The highest BCUT2D eigenvalue weighted by atomic mass is 15.2.